The summed E-state index contributed by atoms with van der Waals surface area (Å²) in [6, 6.07) is 5.14. The maximum atomic E-state index is 12.9. The van der Waals surface area contributed by atoms with E-state index in [-0.39, 0.29) is 49.0 Å². The first-order chi connectivity index (χ1) is 14.6. The molecular weight excluding hydrogens is 453 g/mol. The van der Waals surface area contributed by atoms with Crippen LogP contribution in [0.25, 0.3) is 0 Å². The Morgan fingerprint density at radius 2 is 1.81 bits per heavy atom. The van der Waals surface area contributed by atoms with E-state index in [2.05, 4.69) is 20.9 Å². The molecule has 3 aliphatic rings. The molecule has 10 heteroatoms. The Kier molecular flexibility index (Phi) is 10.2. The summed E-state index contributed by atoms with van der Waals surface area (Å²) in [7, 11) is 0. The monoisotopic (exact) mass is 485 g/mol. The Labute approximate surface area is 201 Å². The van der Waals surface area contributed by atoms with Crippen LogP contribution in [-0.4, -0.2) is 72.8 Å². The molecule has 8 nitrogen and oxygen atoms in total. The summed E-state index contributed by atoms with van der Waals surface area (Å²) in [5.41, 5.74) is 2.58. The molecule has 1 aromatic rings. The lowest BCUT2D eigenvalue weighted by Gasteiger charge is -2.29. The van der Waals surface area contributed by atoms with Crippen LogP contribution in [0.3, 0.4) is 0 Å². The molecule has 0 bridgehead atoms. The van der Waals surface area contributed by atoms with Gasteiger partial charge in [-0.15, -0.1) is 24.8 Å². The summed E-state index contributed by atoms with van der Waals surface area (Å²) in [6.45, 7) is 6.91. The molecule has 1 atom stereocenters. The van der Waals surface area contributed by atoms with Gasteiger partial charge in [0, 0.05) is 62.5 Å². The smallest absolute Gasteiger partial charge is 0.255 e. The minimum atomic E-state index is -0.569. The van der Waals surface area contributed by atoms with Gasteiger partial charge in [0.25, 0.3) is 5.91 Å². The van der Waals surface area contributed by atoms with Gasteiger partial charge in [0.15, 0.2) is 0 Å². The highest BCUT2D eigenvalue weighted by Gasteiger charge is 2.39. The zero-order valence-electron chi connectivity index (χ0n) is 18.2. The van der Waals surface area contributed by atoms with Crippen LogP contribution in [0.4, 0.5) is 5.69 Å². The van der Waals surface area contributed by atoms with Crippen LogP contribution in [0.5, 0.6) is 0 Å². The van der Waals surface area contributed by atoms with Crippen molar-refractivity contribution in [3.05, 3.63) is 29.3 Å². The number of rotatable bonds is 8. The van der Waals surface area contributed by atoms with E-state index in [4.69, 9.17) is 0 Å². The molecule has 3 aliphatic heterocycles. The molecule has 0 spiro atoms. The zero-order chi connectivity index (χ0) is 20.9. The number of unbranched alkanes of at least 4 members (excludes halogenated alkanes) is 2. The lowest BCUT2D eigenvalue weighted by Crippen LogP contribution is -2.52. The lowest BCUT2D eigenvalue weighted by molar-refractivity contribution is -0.136. The van der Waals surface area contributed by atoms with E-state index in [0.717, 1.165) is 56.9 Å². The first-order valence-corrected chi connectivity index (χ1v) is 11.1. The third-order valence-electron chi connectivity index (χ3n) is 6.26. The van der Waals surface area contributed by atoms with E-state index in [1.807, 2.05) is 18.2 Å². The molecule has 0 aromatic heterocycles. The molecule has 0 saturated carbocycles. The highest BCUT2D eigenvalue weighted by atomic mass is 35.5. The predicted molar refractivity (Wildman–Crippen MR) is 129 cm³/mol. The van der Waals surface area contributed by atoms with Crippen LogP contribution < -0.4 is 16.0 Å². The van der Waals surface area contributed by atoms with Crippen LogP contribution in [0, 0.1) is 0 Å². The van der Waals surface area contributed by atoms with Crippen LogP contribution in [-0.2, 0) is 16.1 Å². The number of nitrogens with zero attached hydrogens (tertiary/aromatic N) is 2. The Morgan fingerprint density at radius 1 is 1.03 bits per heavy atom. The van der Waals surface area contributed by atoms with Gasteiger partial charge < -0.3 is 20.4 Å². The number of piperazine rings is 1. The summed E-state index contributed by atoms with van der Waals surface area (Å²) < 4.78 is 0. The molecule has 1 unspecified atom stereocenters. The molecular formula is C22H33Cl2N5O3. The number of carbonyl (C=O) groups is 3. The molecule has 3 heterocycles. The van der Waals surface area contributed by atoms with Crippen LogP contribution in [0.15, 0.2) is 18.2 Å². The van der Waals surface area contributed by atoms with Gasteiger partial charge in [-0.3, -0.25) is 19.7 Å². The molecule has 2 fully saturated rings. The maximum absolute atomic E-state index is 12.9. The third kappa shape index (κ3) is 6.13. The van der Waals surface area contributed by atoms with Crippen molar-refractivity contribution in [2.24, 2.45) is 0 Å². The van der Waals surface area contributed by atoms with Gasteiger partial charge >= 0.3 is 0 Å². The molecule has 32 heavy (non-hydrogen) atoms. The molecule has 0 radical (unpaired) electrons. The topological polar surface area (TPSA) is 93.8 Å². The molecule has 3 N–H and O–H groups in total. The fourth-order valence-corrected chi connectivity index (χ4v) is 4.55. The number of nitrogens with one attached hydrogen (secondary N) is 3. The van der Waals surface area contributed by atoms with Crippen LogP contribution >= 0.6 is 24.8 Å². The van der Waals surface area contributed by atoms with Crippen LogP contribution in [0.1, 0.15) is 48.0 Å². The SMILES string of the molecule is Cl.Cl.O=C1CCC(N2Cc3c(NCCCCCN4CCNCC4)cccc3C2=O)C(=O)N1. The van der Waals surface area contributed by atoms with Crippen LogP contribution in [0.2, 0.25) is 0 Å². The van der Waals surface area contributed by atoms with Gasteiger partial charge in [0.2, 0.25) is 11.8 Å². The molecule has 4 rings (SSSR count). The number of anilines is 1. The van der Waals surface area contributed by atoms with Gasteiger partial charge in [0.1, 0.15) is 6.04 Å². The number of benzene rings is 1. The summed E-state index contributed by atoms with van der Waals surface area (Å²) in [5, 5.41) is 9.22. The van der Waals surface area contributed by atoms with Crippen molar-refractivity contribution in [1.29, 1.82) is 0 Å². The fraction of sp³-hybridized carbons (Fsp3) is 0.591. The summed E-state index contributed by atoms with van der Waals surface area (Å²) in [5.74, 6) is -0.759. The van der Waals surface area contributed by atoms with Gasteiger partial charge in [0.05, 0.1) is 0 Å². The number of hydrogen-bond acceptors (Lipinski definition) is 6. The van der Waals surface area contributed by atoms with E-state index in [0.29, 0.717) is 18.5 Å². The van der Waals surface area contributed by atoms with Gasteiger partial charge in [-0.25, -0.2) is 0 Å². The van der Waals surface area contributed by atoms with Crippen molar-refractivity contribution in [2.45, 2.75) is 44.7 Å². The number of carbonyl (C=O) groups excluding carboxylic acids is 3. The highest BCUT2D eigenvalue weighted by molar-refractivity contribution is 6.06. The summed E-state index contributed by atoms with van der Waals surface area (Å²) >= 11 is 0. The van der Waals surface area contributed by atoms with Crippen molar-refractivity contribution >= 4 is 48.2 Å². The fourth-order valence-electron chi connectivity index (χ4n) is 4.55. The normalized spacial score (nSPS) is 20.8. The van der Waals surface area contributed by atoms with Crippen molar-refractivity contribution in [2.75, 3.05) is 44.6 Å². The second kappa shape index (κ2) is 12.4. The van der Waals surface area contributed by atoms with Gasteiger partial charge in [-0.1, -0.05) is 12.5 Å². The second-order valence-corrected chi connectivity index (χ2v) is 8.31. The highest BCUT2D eigenvalue weighted by Crippen LogP contribution is 2.32. The van der Waals surface area contributed by atoms with Crippen molar-refractivity contribution < 1.29 is 14.4 Å². The molecule has 2 saturated heterocycles. The Balaban J connectivity index is 0.00000181. The molecule has 1 aromatic carbocycles. The number of amides is 3. The summed E-state index contributed by atoms with van der Waals surface area (Å²) in [6.07, 6.45) is 4.13. The lowest BCUT2D eigenvalue weighted by atomic mass is 10.0. The summed E-state index contributed by atoms with van der Waals surface area (Å²) in [4.78, 5) is 40.6. The standard InChI is InChI=1S/C22H31N5O3.2ClH/c28-20-8-7-19(21(29)25-20)27-15-17-16(22(27)30)5-4-6-18(17)24-9-2-1-3-12-26-13-10-23-11-14-26;;/h4-6,19,23-24H,1-3,7-15H2,(H,25,28,29);2*1H. The molecule has 0 aliphatic carbocycles. The maximum Gasteiger partial charge on any atom is 0.255 e. The van der Waals surface area contributed by atoms with Crippen molar-refractivity contribution in [3.63, 3.8) is 0 Å². The van der Waals surface area contributed by atoms with Crippen molar-refractivity contribution in [3.8, 4) is 0 Å². The average molecular weight is 486 g/mol. The Bertz CT molecular complexity index is 817. The minimum absolute atomic E-state index is 0. The second-order valence-electron chi connectivity index (χ2n) is 8.31. The van der Waals surface area contributed by atoms with Gasteiger partial charge in [-0.05, 0) is 37.9 Å². The Hall–Kier alpha value is -1.87. The van der Waals surface area contributed by atoms with E-state index in [1.54, 1.807) is 4.90 Å². The first kappa shape index (κ1) is 26.4. The minimum Gasteiger partial charge on any atom is -0.385 e. The average Bonchev–Trinajstić information content (AvgIpc) is 3.08. The molecule has 3 amide bonds. The Morgan fingerprint density at radius 3 is 2.56 bits per heavy atom. The number of halogens is 2. The number of hydrogen-bond donors (Lipinski definition) is 3. The van der Waals surface area contributed by atoms with E-state index in [9.17, 15) is 14.4 Å². The van der Waals surface area contributed by atoms with E-state index in [1.165, 1.54) is 12.8 Å². The zero-order valence-corrected chi connectivity index (χ0v) is 19.9. The number of fused-ring (bicyclic) bond motifs is 1. The van der Waals surface area contributed by atoms with Gasteiger partial charge in [-0.2, -0.15) is 0 Å². The van der Waals surface area contributed by atoms with E-state index < -0.39 is 6.04 Å². The quantitative estimate of drug-likeness (QED) is 0.383. The number of piperidine rings is 1. The number of imide groups is 1. The largest absolute Gasteiger partial charge is 0.385 e. The predicted octanol–water partition coefficient (Wildman–Crippen LogP) is 1.78. The molecule has 178 valence electrons. The van der Waals surface area contributed by atoms with E-state index >= 15 is 0 Å². The van der Waals surface area contributed by atoms with Crippen molar-refractivity contribution in [1.82, 2.24) is 20.4 Å². The first-order valence-electron chi connectivity index (χ1n) is 11.1. The third-order valence-corrected chi connectivity index (χ3v) is 6.26.